The molecule has 1 aromatic rings. The van der Waals surface area contributed by atoms with Crippen LogP contribution in [0.15, 0.2) is 18.2 Å². The Kier molecular flexibility index (Phi) is 3.27. The minimum absolute atomic E-state index is 0.778. The molecule has 1 unspecified atom stereocenters. The van der Waals surface area contributed by atoms with Crippen LogP contribution in [0.4, 0.5) is 0 Å². The third kappa shape index (κ3) is 2.32. The van der Waals surface area contributed by atoms with Crippen LogP contribution in [0.5, 0.6) is 5.75 Å². The number of rotatable bonds is 3. The van der Waals surface area contributed by atoms with Crippen molar-refractivity contribution >= 4 is 0 Å². The van der Waals surface area contributed by atoms with Crippen LogP contribution in [0.1, 0.15) is 17.5 Å². The van der Waals surface area contributed by atoms with Crippen LogP contribution in [-0.4, -0.2) is 20.2 Å². The summed E-state index contributed by atoms with van der Waals surface area (Å²) >= 11 is 0. The lowest BCUT2D eigenvalue weighted by molar-refractivity contribution is 0.405. The smallest absolute Gasteiger partial charge is 0.122 e. The Balaban J connectivity index is 2.17. The van der Waals surface area contributed by atoms with Gasteiger partial charge in [0.25, 0.3) is 0 Å². The van der Waals surface area contributed by atoms with Gasteiger partial charge in [-0.25, -0.2) is 0 Å². The minimum atomic E-state index is 0.778. The van der Waals surface area contributed by atoms with Crippen molar-refractivity contribution in [3.05, 3.63) is 29.3 Å². The maximum atomic E-state index is 5.42. The zero-order valence-corrected chi connectivity index (χ0v) is 9.55. The molecule has 2 rings (SSSR count). The second-order valence-corrected chi connectivity index (χ2v) is 4.32. The van der Waals surface area contributed by atoms with E-state index in [2.05, 4.69) is 30.4 Å². The standard InChI is InChI=1S/C13H19NO/c1-10-4-3-5-13(15-2)12(10)8-11-6-7-14-9-11/h3-5,11,14H,6-9H2,1-2H3. The Bertz CT molecular complexity index is 329. The fourth-order valence-corrected chi connectivity index (χ4v) is 2.31. The molecule has 0 saturated carbocycles. The number of methoxy groups -OCH3 is 1. The predicted octanol–water partition coefficient (Wildman–Crippen LogP) is 2.16. The highest BCUT2D eigenvalue weighted by atomic mass is 16.5. The topological polar surface area (TPSA) is 21.3 Å². The van der Waals surface area contributed by atoms with E-state index in [9.17, 15) is 0 Å². The molecule has 1 saturated heterocycles. The van der Waals surface area contributed by atoms with Gasteiger partial charge in [0, 0.05) is 0 Å². The highest BCUT2D eigenvalue weighted by molar-refractivity contribution is 5.39. The summed E-state index contributed by atoms with van der Waals surface area (Å²) in [4.78, 5) is 0. The van der Waals surface area contributed by atoms with E-state index >= 15 is 0 Å². The molecule has 0 bridgehead atoms. The molecule has 2 heteroatoms. The van der Waals surface area contributed by atoms with Crippen LogP contribution in [0.25, 0.3) is 0 Å². The van der Waals surface area contributed by atoms with E-state index in [0.29, 0.717) is 0 Å². The monoisotopic (exact) mass is 205 g/mol. The lowest BCUT2D eigenvalue weighted by Gasteiger charge is -2.14. The van der Waals surface area contributed by atoms with Gasteiger partial charge in [-0.3, -0.25) is 0 Å². The molecule has 1 atom stereocenters. The second-order valence-electron chi connectivity index (χ2n) is 4.32. The van der Waals surface area contributed by atoms with Gasteiger partial charge in [0.2, 0.25) is 0 Å². The number of hydrogen-bond donors (Lipinski definition) is 1. The van der Waals surface area contributed by atoms with Crippen LogP contribution in [-0.2, 0) is 6.42 Å². The van der Waals surface area contributed by atoms with Gasteiger partial charge < -0.3 is 10.1 Å². The number of nitrogens with one attached hydrogen (secondary N) is 1. The maximum Gasteiger partial charge on any atom is 0.122 e. The molecule has 15 heavy (non-hydrogen) atoms. The summed E-state index contributed by atoms with van der Waals surface area (Å²) in [5.41, 5.74) is 2.73. The summed E-state index contributed by atoms with van der Waals surface area (Å²) in [7, 11) is 1.76. The van der Waals surface area contributed by atoms with Gasteiger partial charge >= 0.3 is 0 Å². The summed E-state index contributed by atoms with van der Waals surface area (Å²) in [6, 6.07) is 6.29. The quantitative estimate of drug-likeness (QED) is 0.816. The summed E-state index contributed by atoms with van der Waals surface area (Å²) in [6.45, 7) is 4.48. The van der Waals surface area contributed by atoms with Gasteiger partial charge in [-0.1, -0.05) is 12.1 Å². The van der Waals surface area contributed by atoms with E-state index in [1.54, 1.807) is 7.11 Å². The van der Waals surface area contributed by atoms with Gasteiger partial charge in [0.1, 0.15) is 5.75 Å². The fraction of sp³-hybridized carbons (Fsp3) is 0.538. The molecule has 1 fully saturated rings. The number of ether oxygens (including phenoxy) is 1. The highest BCUT2D eigenvalue weighted by Gasteiger charge is 2.17. The zero-order valence-electron chi connectivity index (χ0n) is 9.55. The summed E-state index contributed by atoms with van der Waals surface area (Å²) in [5, 5.41) is 3.41. The SMILES string of the molecule is COc1cccc(C)c1CC1CCNC1. The number of benzene rings is 1. The van der Waals surface area contributed by atoms with Crippen LogP contribution in [0.3, 0.4) is 0 Å². The Morgan fingerprint density at radius 1 is 1.47 bits per heavy atom. The third-order valence-electron chi connectivity index (χ3n) is 3.24. The molecule has 0 amide bonds. The normalized spacial score (nSPS) is 20.5. The van der Waals surface area contributed by atoms with Crippen LogP contribution < -0.4 is 10.1 Å². The minimum Gasteiger partial charge on any atom is -0.496 e. The molecular weight excluding hydrogens is 186 g/mol. The molecule has 0 aromatic heterocycles. The van der Waals surface area contributed by atoms with Crippen molar-refractivity contribution in [2.75, 3.05) is 20.2 Å². The van der Waals surface area contributed by atoms with Crippen molar-refractivity contribution in [3.8, 4) is 5.75 Å². The molecule has 1 aromatic carbocycles. The Morgan fingerprint density at radius 2 is 2.33 bits per heavy atom. The Hall–Kier alpha value is -1.02. The summed E-state index contributed by atoms with van der Waals surface area (Å²) in [6.07, 6.45) is 2.43. The third-order valence-corrected chi connectivity index (χ3v) is 3.24. The summed E-state index contributed by atoms with van der Waals surface area (Å²) < 4.78 is 5.42. The van der Waals surface area contributed by atoms with Crippen LogP contribution >= 0.6 is 0 Å². The highest BCUT2D eigenvalue weighted by Crippen LogP contribution is 2.26. The van der Waals surface area contributed by atoms with E-state index in [-0.39, 0.29) is 0 Å². The lowest BCUT2D eigenvalue weighted by Crippen LogP contribution is -2.11. The first-order valence-corrected chi connectivity index (χ1v) is 5.64. The maximum absolute atomic E-state index is 5.42. The van der Waals surface area contributed by atoms with Gasteiger partial charge in [-0.15, -0.1) is 0 Å². The van der Waals surface area contributed by atoms with Crippen molar-refractivity contribution in [1.82, 2.24) is 5.32 Å². The van der Waals surface area contributed by atoms with E-state index in [1.807, 2.05) is 0 Å². The summed E-state index contributed by atoms with van der Waals surface area (Å²) in [5.74, 6) is 1.82. The Labute approximate surface area is 91.6 Å². The van der Waals surface area contributed by atoms with Crippen molar-refractivity contribution in [1.29, 1.82) is 0 Å². The second kappa shape index (κ2) is 4.67. The molecule has 1 heterocycles. The number of hydrogen-bond acceptors (Lipinski definition) is 2. The van der Waals surface area contributed by atoms with Gasteiger partial charge in [0.05, 0.1) is 7.11 Å². The fourth-order valence-electron chi connectivity index (χ4n) is 2.31. The first-order chi connectivity index (χ1) is 7.31. The molecule has 1 aliphatic heterocycles. The van der Waals surface area contributed by atoms with Crippen molar-refractivity contribution < 1.29 is 4.74 Å². The van der Waals surface area contributed by atoms with E-state index < -0.39 is 0 Å². The Morgan fingerprint density at radius 3 is 3.00 bits per heavy atom. The van der Waals surface area contributed by atoms with Gasteiger partial charge in [-0.05, 0) is 56.0 Å². The van der Waals surface area contributed by atoms with Gasteiger partial charge in [0.15, 0.2) is 0 Å². The molecule has 1 N–H and O–H groups in total. The van der Waals surface area contributed by atoms with Crippen LogP contribution in [0.2, 0.25) is 0 Å². The molecule has 82 valence electrons. The predicted molar refractivity (Wildman–Crippen MR) is 62.4 cm³/mol. The van der Waals surface area contributed by atoms with Crippen LogP contribution in [0, 0.1) is 12.8 Å². The molecule has 0 spiro atoms. The molecular formula is C13H19NO. The largest absolute Gasteiger partial charge is 0.496 e. The molecule has 1 aliphatic rings. The first kappa shape index (κ1) is 10.5. The van der Waals surface area contributed by atoms with E-state index in [4.69, 9.17) is 4.74 Å². The van der Waals surface area contributed by atoms with Gasteiger partial charge in [-0.2, -0.15) is 0 Å². The molecule has 0 radical (unpaired) electrons. The zero-order chi connectivity index (χ0) is 10.7. The van der Waals surface area contributed by atoms with E-state index in [1.165, 1.54) is 24.1 Å². The van der Waals surface area contributed by atoms with Crippen molar-refractivity contribution in [2.45, 2.75) is 19.8 Å². The molecule has 0 aliphatic carbocycles. The average Bonchev–Trinajstić information content (AvgIpc) is 2.74. The average molecular weight is 205 g/mol. The molecule has 2 nitrogen and oxygen atoms in total. The lowest BCUT2D eigenvalue weighted by atomic mass is 9.95. The van der Waals surface area contributed by atoms with E-state index in [0.717, 1.165) is 24.6 Å². The first-order valence-electron chi connectivity index (χ1n) is 5.64. The number of aryl methyl sites for hydroxylation is 1. The van der Waals surface area contributed by atoms with Crippen molar-refractivity contribution in [2.24, 2.45) is 5.92 Å². The van der Waals surface area contributed by atoms with Crippen molar-refractivity contribution in [3.63, 3.8) is 0 Å².